The van der Waals surface area contributed by atoms with E-state index in [9.17, 15) is 9.18 Å². The molecule has 2 N–H and O–H groups in total. The van der Waals surface area contributed by atoms with Crippen molar-refractivity contribution in [3.63, 3.8) is 0 Å². The Morgan fingerprint density at radius 3 is 2.57 bits per heavy atom. The minimum Gasteiger partial charge on any atom is -0.355 e. The van der Waals surface area contributed by atoms with Crippen LogP contribution in [0.5, 0.6) is 0 Å². The van der Waals surface area contributed by atoms with E-state index in [1.54, 1.807) is 0 Å². The van der Waals surface area contributed by atoms with E-state index in [1.165, 1.54) is 12.1 Å². The van der Waals surface area contributed by atoms with Crippen LogP contribution >= 0.6 is 0 Å². The molecule has 0 amide bonds. The fourth-order valence-electron chi connectivity index (χ4n) is 2.96. The van der Waals surface area contributed by atoms with Crippen LogP contribution < -0.4 is 10.7 Å². The lowest BCUT2D eigenvalue weighted by molar-refractivity contribution is -0.109. The first kappa shape index (κ1) is 15.2. The Kier molecular flexibility index (Phi) is 3.86. The molecular formula is C18H18FN3O. The predicted molar refractivity (Wildman–Crippen MR) is 89.8 cm³/mol. The molecular weight excluding hydrogens is 293 g/mol. The van der Waals surface area contributed by atoms with E-state index in [0.717, 1.165) is 45.6 Å². The van der Waals surface area contributed by atoms with E-state index in [1.807, 2.05) is 39.0 Å². The fraction of sp³-hybridized carbons (Fsp3) is 0.222. The second-order valence-electron chi connectivity index (χ2n) is 5.75. The minimum atomic E-state index is -0.501. The maximum absolute atomic E-state index is 13.5. The molecule has 5 heteroatoms. The van der Waals surface area contributed by atoms with Gasteiger partial charge in [0.1, 0.15) is 18.1 Å². The first-order chi connectivity index (χ1) is 11.0. The molecule has 0 fully saturated rings. The lowest BCUT2D eigenvalue weighted by Crippen LogP contribution is -2.27. The van der Waals surface area contributed by atoms with Crippen molar-refractivity contribution in [2.45, 2.75) is 26.8 Å². The van der Waals surface area contributed by atoms with Gasteiger partial charge in [-0.2, -0.15) is 5.10 Å². The van der Waals surface area contributed by atoms with Crippen LogP contribution in [0, 0.1) is 19.7 Å². The molecule has 0 bridgehead atoms. The molecule has 0 aromatic heterocycles. The third-order valence-corrected chi connectivity index (χ3v) is 4.07. The Morgan fingerprint density at radius 1 is 1.22 bits per heavy atom. The lowest BCUT2D eigenvalue weighted by atomic mass is 9.94. The zero-order chi connectivity index (χ0) is 16.6. The Labute approximate surface area is 134 Å². The number of carbonyl (C=O) groups is 1. The first-order valence-corrected chi connectivity index (χ1v) is 7.43. The normalized spacial score (nSPS) is 16.2. The zero-order valence-electron chi connectivity index (χ0n) is 13.3. The van der Waals surface area contributed by atoms with Crippen molar-refractivity contribution in [1.29, 1.82) is 0 Å². The summed E-state index contributed by atoms with van der Waals surface area (Å²) in [5.74, 6) is -0.254. The molecule has 0 saturated heterocycles. The van der Waals surface area contributed by atoms with Crippen molar-refractivity contribution in [3.8, 4) is 0 Å². The summed E-state index contributed by atoms with van der Waals surface area (Å²) >= 11 is 0. The Morgan fingerprint density at radius 2 is 1.91 bits per heavy atom. The minimum absolute atomic E-state index is 0.254. The van der Waals surface area contributed by atoms with Gasteiger partial charge in [-0.1, -0.05) is 12.1 Å². The number of hydrogen-bond acceptors (Lipinski definition) is 4. The largest absolute Gasteiger partial charge is 0.355 e. The Balaban J connectivity index is 2.11. The summed E-state index contributed by atoms with van der Waals surface area (Å²) in [5, 5.41) is 7.54. The number of fused-ring (bicyclic) bond motifs is 1. The monoisotopic (exact) mass is 311 g/mol. The number of hydrogen-bond donors (Lipinski definition) is 2. The van der Waals surface area contributed by atoms with E-state index in [2.05, 4.69) is 15.8 Å². The fourth-order valence-corrected chi connectivity index (χ4v) is 2.96. The molecule has 1 aliphatic heterocycles. The molecule has 1 unspecified atom stereocenters. The van der Waals surface area contributed by atoms with Crippen molar-refractivity contribution < 1.29 is 9.18 Å². The molecule has 0 radical (unpaired) electrons. The molecule has 0 aliphatic carbocycles. The van der Waals surface area contributed by atoms with Crippen LogP contribution in [0.25, 0.3) is 0 Å². The molecule has 2 aromatic rings. The van der Waals surface area contributed by atoms with E-state index < -0.39 is 6.04 Å². The first-order valence-electron chi connectivity index (χ1n) is 7.43. The number of halogens is 1. The molecule has 0 spiro atoms. The highest BCUT2D eigenvalue weighted by atomic mass is 19.1. The molecule has 23 heavy (non-hydrogen) atoms. The van der Waals surface area contributed by atoms with Gasteiger partial charge in [0.05, 0.1) is 5.71 Å². The molecule has 0 saturated carbocycles. The van der Waals surface area contributed by atoms with Crippen LogP contribution in [0.2, 0.25) is 0 Å². The van der Waals surface area contributed by atoms with Crippen LogP contribution in [-0.2, 0) is 4.79 Å². The number of nitrogens with one attached hydrogen (secondary N) is 2. The maximum Gasteiger partial charge on any atom is 0.148 e. The number of aldehydes is 1. The van der Waals surface area contributed by atoms with E-state index in [-0.39, 0.29) is 5.82 Å². The molecule has 118 valence electrons. The molecule has 3 rings (SSSR count). The summed E-state index contributed by atoms with van der Waals surface area (Å²) < 4.78 is 13.5. The van der Waals surface area contributed by atoms with Gasteiger partial charge in [-0.15, -0.1) is 0 Å². The topological polar surface area (TPSA) is 53.5 Å². The van der Waals surface area contributed by atoms with E-state index in [4.69, 9.17) is 0 Å². The third-order valence-electron chi connectivity index (χ3n) is 4.07. The number of anilines is 2. The van der Waals surface area contributed by atoms with Gasteiger partial charge in [-0.25, -0.2) is 4.39 Å². The highest BCUT2D eigenvalue weighted by molar-refractivity contribution is 6.03. The van der Waals surface area contributed by atoms with Gasteiger partial charge in [0.25, 0.3) is 0 Å². The van der Waals surface area contributed by atoms with Crippen molar-refractivity contribution in [2.24, 2.45) is 5.10 Å². The van der Waals surface area contributed by atoms with Crippen LogP contribution in [0.4, 0.5) is 15.8 Å². The predicted octanol–water partition coefficient (Wildman–Crippen LogP) is 3.75. The number of benzene rings is 2. The number of nitrogens with zero attached hydrogens (tertiary/aromatic N) is 1. The standard InChI is InChI=1S/C18H18FN3O/c1-10-7-13(19)8-11(2)18(10)20-15-6-4-5-14-12(3)21-22-16(9-23)17(14)15/h4-9,16,20,22H,1-3H3. The average molecular weight is 311 g/mol. The van der Waals surface area contributed by atoms with Gasteiger partial charge in [-0.05, 0) is 50.1 Å². The van der Waals surface area contributed by atoms with Crippen LogP contribution in [0.1, 0.15) is 35.2 Å². The summed E-state index contributed by atoms with van der Waals surface area (Å²) in [6.45, 7) is 5.61. The summed E-state index contributed by atoms with van der Waals surface area (Å²) in [7, 11) is 0. The summed E-state index contributed by atoms with van der Waals surface area (Å²) in [6.07, 6.45) is 0.838. The second-order valence-corrected chi connectivity index (χ2v) is 5.75. The van der Waals surface area contributed by atoms with Crippen LogP contribution in [0.3, 0.4) is 0 Å². The van der Waals surface area contributed by atoms with E-state index >= 15 is 0 Å². The number of hydrazone groups is 1. The summed E-state index contributed by atoms with van der Waals surface area (Å²) in [6, 6.07) is 8.26. The van der Waals surface area contributed by atoms with Crippen LogP contribution in [-0.4, -0.2) is 12.0 Å². The van der Waals surface area contributed by atoms with Gasteiger partial charge in [-0.3, -0.25) is 5.43 Å². The lowest BCUT2D eigenvalue weighted by Gasteiger charge is -2.25. The SMILES string of the molecule is CC1=NNC(C=O)c2c(Nc3c(C)cc(F)cc3C)cccc21. The Bertz CT molecular complexity index is 791. The molecule has 1 aliphatic rings. The van der Waals surface area contributed by atoms with Crippen LogP contribution in [0.15, 0.2) is 35.4 Å². The number of aryl methyl sites for hydroxylation is 2. The highest BCUT2D eigenvalue weighted by Crippen LogP contribution is 2.33. The van der Waals surface area contributed by atoms with Crippen molar-refractivity contribution in [3.05, 3.63) is 58.4 Å². The maximum atomic E-state index is 13.5. The van der Waals surface area contributed by atoms with E-state index in [0.29, 0.717) is 0 Å². The van der Waals surface area contributed by atoms with Gasteiger partial charge >= 0.3 is 0 Å². The second kappa shape index (κ2) is 5.83. The quantitative estimate of drug-likeness (QED) is 0.849. The number of carbonyl (C=O) groups excluding carboxylic acids is 1. The van der Waals surface area contributed by atoms with Gasteiger partial charge in [0, 0.05) is 22.5 Å². The smallest absolute Gasteiger partial charge is 0.148 e. The van der Waals surface area contributed by atoms with Gasteiger partial charge in [0.15, 0.2) is 0 Å². The van der Waals surface area contributed by atoms with Gasteiger partial charge < -0.3 is 10.1 Å². The van der Waals surface area contributed by atoms with Gasteiger partial charge in [0.2, 0.25) is 0 Å². The van der Waals surface area contributed by atoms with Crippen molar-refractivity contribution in [2.75, 3.05) is 5.32 Å². The molecule has 4 nitrogen and oxygen atoms in total. The average Bonchev–Trinajstić information content (AvgIpc) is 2.51. The molecule has 1 heterocycles. The highest BCUT2D eigenvalue weighted by Gasteiger charge is 2.23. The molecule has 1 atom stereocenters. The third kappa shape index (κ3) is 2.70. The summed E-state index contributed by atoms with van der Waals surface area (Å²) in [5.41, 5.74) is 8.78. The summed E-state index contributed by atoms with van der Waals surface area (Å²) in [4.78, 5) is 11.4. The Hall–Kier alpha value is -2.69. The number of rotatable bonds is 3. The molecule has 2 aromatic carbocycles. The van der Waals surface area contributed by atoms with Crippen molar-refractivity contribution in [1.82, 2.24) is 5.43 Å². The zero-order valence-corrected chi connectivity index (χ0v) is 13.3. The van der Waals surface area contributed by atoms with Crippen molar-refractivity contribution >= 4 is 23.4 Å².